The van der Waals surface area contributed by atoms with Gasteiger partial charge >= 0.3 is 11.8 Å². The quantitative estimate of drug-likeness (QED) is 0.591. The van der Waals surface area contributed by atoms with Crippen molar-refractivity contribution in [1.29, 1.82) is 0 Å². The molecule has 2 amide bonds. The molecule has 0 saturated carbocycles. The lowest BCUT2D eigenvalue weighted by Crippen LogP contribution is -2.43. The van der Waals surface area contributed by atoms with Crippen LogP contribution in [0.3, 0.4) is 0 Å². The predicted octanol–water partition coefficient (Wildman–Crippen LogP) is 3.88. The van der Waals surface area contributed by atoms with E-state index >= 15 is 0 Å². The van der Waals surface area contributed by atoms with Crippen molar-refractivity contribution in [3.63, 3.8) is 0 Å². The summed E-state index contributed by atoms with van der Waals surface area (Å²) in [4.78, 5) is 26.8. The molecule has 4 rings (SSSR count). The van der Waals surface area contributed by atoms with Crippen LogP contribution in [0, 0.1) is 11.6 Å². The van der Waals surface area contributed by atoms with Gasteiger partial charge in [0, 0.05) is 31.4 Å². The molecule has 1 aromatic heterocycles. The predicted molar refractivity (Wildman–Crippen MR) is 116 cm³/mol. The number of carbonyl (C=O) groups is 2. The Morgan fingerprint density at radius 1 is 1.03 bits per heavy atom. The molecule has 0 fully saturated rings. The molecule has 3 aromatic rings. The van der Waals surface area contributed by atoms with E-state index in [9.17, 15) is 18.4 Å². The molecule has 0 unspecified atom stereocenters. The second kappa shape index (κ2) is 9.36. The highest BCUT2D eigenvalue weighted by Crippen LogP contribution is 2.28. The lowest BCUT2D eigenvalue weighted by Gasteiger charge is -2.35. The fourth-order valence-electron chi connectivity index (χ4n) is 3.74. The Morgan fingerprint density at radius 2 is 1.84 bits per heavy atom. The standard InChI is InChI=1S/C23H21F2N3O2S/c24-19-6-5-18(11-20(19)25)27-23(30)22(29)26-12-21(17-8-10-31-14-17)28-9-7-15-3-1-2-4-16(15)13-28/h1-6,8,10-11,14,21H,7,9,12-13H2,(H,26,29)(H,27,30)/t21-/m1/s1. The molecule has 0 saturated heterocycles. The van der Waals surface area contributed by atoms with E-state index in [2.05, 4.69) is 27.7 Å². The molecular weight excluding hydrogens is 420 g/mol. The summed E-state index contributed by atoms with van der Waals surface area (Å²) in [6, 6.07) is 13.2. The number of amides is 2. The second-order valence-corrected chi connectivity index (χ2v) is 8.13. The summed E-state index contributed by atoms with van der Waals surface area (Å²) in [7, 11) is 0. The molecule has 2 N–H and O–H groups in total. The van der Waals surface area contributed by atoms with Gasteiger partial charge in [-0.2, -0.15) is 11.3 Å². The molecule has 2 heterocycles. The first-order chi connectivity index (χ1) is 15.0. The van der Waals surface area contributed by atoms with Crippen LogP contribution in [-0.2, 0) is 22.6 Å². The molecule has 0 spiro atoms. The highest BCUT2D eigenvalue weighted by molar-refractivity contribution is 7.08. The Balaban J connectivity index is 1.41. The minimum Gasteiger partial charge on any atom is -0.346 e. The fraction of sp³-hybridized carbons (Fsp3) is 0.217. The Kier molecular flexibility index (Phi) is 6.39. The van der Waals surface area contributed by atoms with E-state index in [1.165, 1.54) is 17.2 Å². The zero-order chi connectivity index (χ0) is 21.8. The number of nitrogens with one attached hydrogen (secondary N) is 2. The van der Waals surface area contributed by atoms with E-state index in [0.717, 1.165) is 37.2 Å². The van der Waals surface area contributed by atoms with Gasteiger partial charge in [-0.05, 0) is 52.1 Å². The van der Waals surface area contributed by atoms with Crippen LogP contribution in [0.15, 0.2) is 59.3 Å². The van der Waals surface area contributed by atoms with Gasteiger partial charge < -0.3 is 10.6 Å². The fourth-order valence-corrected chi connectivity index (χ4v) is 4.44. The van der Waals surface area contributed by atoms with Gasteiger partial charge in [-0.15, -0.1) is 0 Å². The monoisotopic (exact) mass is 441 g/mol. The summed E-state index contributed by atoms with van der Waals surface area (Å²) < 4.78 is 26.4. The molecule has 0 radical (unpaired) electrons. The van der Waals surface area contributed by atoms with Gasteiger partial charge in [0.2, 0.25) is 0 Å². The number of carbonyl (C=O) groups excluding carboxylic acids is 2. The number of anilines is 1. The summed E-state index contributed by atoms with van der Waals surface area (Å²) in [5.41, 5.74) is 3.68. The van der Waals surface area contributed by atoms with Crippen molar-refractivity contribution >= 4 is 28.8 Å². The molecular formula is C23H21F2N3O2S. The Morgan fingerprint density at radius 3 is 2.58 bits per heavy atom. The highest BCUT2D eigenvalue weighted by Gasteiger charge is 2.26. The summed E-state index contributed by atoms with van der Waals surface area (Å²) in [6.45, 7) is 1.85. The summed E-state index contributed by atoms with van der Waals surface area (Å²) >= 11 is 1.58. The number of hydrogen-bond acceptors (Lipinski definition) is 4. The Hall–Kier alpha value is -3.10. The first-order valence-corrected chi connectivity index (χ1v) is 10.8. The molecule has 8 heteroatoms. The van der Waals surface area contributed by atoms with Gasteiger partial charge in [0.1, 0.15) is 0 Å². The first-order valence-electron chi connectivity index (χ1n) is 9.88. The van der Waals surface area contributed by atoms with Crippen LogP contribution >= 0.6 is 11.3 Å². The molecule has 2 aromatic carbocycles. The van der Waals surface area contributed by atoms with Gasteiger partial charge in [0.15, 0.2) is 11.6 Å². The average Bonchev–Trinajstić information content (AvgIpc) is 3.31. The van der Waals surface area contributed by atoms with Crippen LogP contribution in [0.4, 0.5) is 14.5 Å². The third-order valence-electron chi connectivity index (χ3n) is 5.37. The number of thiophene rings is 1. The largest absolute Gasteiger partial charge is 0.346 e. The van der Waals surface area contributed by atoms with Crippen LogP contribution in [-0.4, -0.2) is 29.8 Å². The number of halogens is 2. The molecule has 160 valence electrons. The van der Waals surface area contributed by atoms with Crippen molar-refractivity contribution in [3.05, 3.63) is 87.6 Å². The maximum absolute atomic E-state index is 13.3. The van der Waals surface area contributed by atoms with Gasteiger partial charge in [0.25, 0.3) is 0 Å². The van der Waals surface area contributed by atoms with Crippen molar-refractivity contribution in [1.82, 2.24) is 10.2 Å². The maximum atomic E-state index is 13.3. The SMILES string of the molecule is O=C(NC[C@H](c1ccsc1)N1CCc2ccccc2C1)C(=O)Nc1ccc(F)c(F)c1. The number of benzene rings is 2. The minimum absolute atomic E-state index is 0.0149. The molecule has 1 atom stereocenters. The van der Waals surface area contributed by atoms with Crippen molar-refractivity contribution in [2.75, 3.05) is 18.4 Å². The van der Waals surface area contributed by atoms with E-state index < -0.39 is 23.4 Å². The Labute approximate surface area is 182 Å². The lowest BCUT2D eigenvalue weighted by atomic mass is 9.97. The maximum Gasteiger partial charge on any atom is 0.313 e. The minimum atomic E-state index is -1.10. The van der Waals surface area contributed by atoms with Crippen LogP contribution in [0.5, 0.6) is 0 Å². The molecule has 31 heavy (non-hydrogen) atoms. The van der Waals surface area contributed by atoms with Gasteiger partial charge in [-0.1, -0.05) is 24.3 Å². The number of hydrogen-bond donors (Lipinski definition) is 2. The average molecular weight is 442 g/mol. The zero-order valence-electron chi connectivity index (χ0n) is 16.6. The van der Waals surface area contributed by atoms with E-state index in [-0.39, 0.29) is 18.3 Å². The van der Waals surface area contributed by atoms with E-state index in [0.29, 0.717) is 0 Å². The summed E-state index contributed by atoms with van der Waals surface area (Å²) in [5.74, 6) is -3.88. The van der Waals surface area contributed by atoms with Crippen LogP contribution in [0.1, 0.15) is 22.7 Å². The number of rotatable bonds is 5. The van der Waals surface area contributed by atoms with Crippen LogP contribution < -0.4 is 10.6 Å². The van der Waals surface area contributed by atoms with Gasteiger partial charge in [-0.25, -0.2) is 8.78 Å². The topological polar surface area (TPSA) is 61.4 Å². The zero-order valence-corrected chi connectivity index (χ0v) is 17.4. The van der Waals surface area contributed by atoms with Crippen molar-refractivity contribution in [2.45, 2.75) is 19.0 Å². The molecule has 0 bridgehead atoms. The molecule has 1 aliphatic heterocycles. The molecule has 1 aliphatic rings. The third kappa shape index (κ3) is 4.98. The normalized spacial score (nSPS) is 14.5. The van der Waals surface area contributed by atoms with E-state index in [1.807, 2.05) is 29.0 Å². The van der Waals surface area contributed by atoms with Gasteiger partial charge in [-0.3, -0.25) is 14.5 Å². The first kappa shape index (κ1) is 21.1. The second-order valence-electron chi connectivity index (χ2n) is 7.35. The van der Waals surface area contributed by atoms with Crippen LogP contribution in [0.25, 0.3) is 0 Å². The van der Waals surface area contributed by atoms with E-state index in [4.69, 9.17) is 0 Å². The lowest BCUT2D eigenvalue weighted by molar-refractivity contribution is -0.136. The van der Waals surface area contributed by atoms with Crippen molar-refractivity contribution in [3.8, 4) is 0 Å². The third-order valence-corrected chi connectivity index (χ3v) is 6.07. The summed E-state index contributed by atoms with van der Waals surface area (Å²) in [5, 5.41) is 9.00. The van der Waals surface area contributed by atoms with Crippen molar-refractivity contribution in [2.24, 2.45) is 0 Å². The van der Waals surface area contributed by atoms with Gasteiger partial charge in [0.05, 0.1) is 6.04 Å². The van der Waals surface area contributed by atoms with Crippen molar-refractivity contribution < 1.29 is 18.4 Å². The summed E-state index contributed by atoms with van der Waals surface area (Å²) in [6.07, 6.45) is 0.918. The smallest absolute Gasteiger partial charge is 0.313 e. The molecule has 0 aliphatic carbocycles. The van der Waals surface area contributed by atoms with E-state index in [1.54, 1.807) is 11.3 Å². The number of nitrogens with zero attached hydrogens (tertiary/aromatic N) is 1. The highest BCUT2D eigenvalue weighted by atomic mass is 32.1. The van der Waals surface area contributed by atoms with Crippen LogP contribution in [0.2, 0.25) is 0 Å². The number of fused-ring (bicyclic) bond motifs is 1. The molecule has 5 nitrogen and oxygen atoms in total. The Bertz CT molecular complexity index is 1090.